The molecule has 3 nitrogen and oxygen atoms in total. The topological polar surface area (TPSA) is 44.5 Å². The maximum absolute atomic E-state index is 5.64. The molecule has 0 saturated heterocycles. The van der Waals surface area contributed by atoms with Crippen LogP contribution in [0.1, 0.15) is 12.5 Å². The van der Waals surface area contributed by atoms with Gasteiger partial charge >= 0.3 is 0 Å². The highest BCUT2D eigenvalue weighted by atomic mass is 79.9. The van der Waals surface area contributed by atoms with Crippen molar-refractivity contribution in [3.8, 4) is 11.5 Å². The van der Waals surface area contributed by atoms with Crippen LogP contribution in [0, 0.1) is 0 Å². The highest BCUT2D eigenvalue weighted by Crippen LogP contribution is 2.36. The molecule has 94 valence electrons. The van der Waals surface area contributed by atoms with Gasteiger partial charge in [0.05, 0.1) is 11.6 Å². The number of halogens is 1. The summed E-state index contributed by atoms with van der Waals surface area (Å²) in [5.41, 5.74) is 6.68. The largest absolute Gasteiger partial charge is 0.493 e. The summed E-state index contributed by atoms with van der Waals surface area (Å²) in [6.45, 7) is 3.11. The van der Waals surface area contributed by atoms with E-state index >= 15 is 0 Å². The molecule has 0 aliphatic rings. The van der Waals surface area contributed by atoms with Crippen LogP contribution in [0.3, 0.4) is 0 Å². The summed E-state index contributed by atoms with van der Waals surface area (Å²) < 4.78 is 11.9. The van der Waals surface area contributed by atoms with E-state index in [2.05, 4.69) is 15.9 Å². The molecular weight excluding hydrogens is 282 g/mol. The number of allylic oxidation sites excluding steroid dienone is 1. The molecule has 0 spiro atoms. The zero-order valence-corrected chi connectivity index (χ0v) is 11.8. The van der Waals surface area contributed by atoms with Crippen LogP contribution < -0.4 is 15.2 Å². The lowest BCUT2D eigenvalue weighted by atomic mass is 10.1. The average molecular weight is 300 g/mol. The molecule has 0 aromatic heterocycles. The first-order valence-electron chi connectivity index (χ1n) is 5.53. The fourth-order valence-electron chi connectivity index (χ4n) is 1.45. The Hall–Kier alpha value is -1.00. The van der Waals surface area contributed by atoms with Gasteiger partial charge < -0.3 is 15.2 Å². The third kappa shape index (κ3) is 4.06. The summed E-state index contributed by atoms with van der Waals surface area (Å²) in [7, 11) is 1.64. The van der Waals surface area contributed by atoms with Crippen LogP contribution in [0.15, 0.2) is 28.8 Å². The second-order valence-corrected chi connectivity index (χ2v) is 4.38. The lowest BCUT2D eigenvalue weighted by Crippen LogP contribution is -2.04. The number of hydrogen-bond donors (Lipinski definition) is 1. The monoisotopic (exact) mass is 299 g/mol. The van der Waals surface area contributed by atoms with Crippen molar-refractivity contribution in [2.75, 3.05) is 20.3 Å². The second-order valence-electron chi connectivity index (χ2n) is 3.53. The quantitative estimate of drug-likeness (QED) is 0.822. The predicted molar refractivity (Wildman–Crippen MR) is 73.8 cm³/mol. The molecule has 2 N–H and O–H groups in total. The zero-order chi connectivity index (χ0) is 12.7. The van der Waals surface area contributed by atoms with Crippen molar-refractivity contribution in [1.82, 2.24) is 0 Å². The van der Waals surface area contributed by atoms with Gasteiger partial charge in [-0.2, -0.15) is 0 Å². The Morgan fingerprint density at radius 2 is 2.18 bits per heavy atom. The van der Waals surface area contributed by atoms with Crippen molar-refractivity contribution in [2.45, 2.75) is 13.3 Å². The van der Waals surface area contributed by atoms with E-state index < -0.39 is 0 Å². The number of methoxy groups -OCH3 is 1. The summed E-state index contributed by atoms with van der Waals surface area (Å²) in [4.78, 5) is 0. The fourth-order valence-corrected chi connectivity index (χ4v) is 2.06. The lowest BCUT2D eigenvalue weighted by molar-refractivity contribution is 0.324. The van der Waals surface area contributed by atoms with Crippen molar-refractivity contribution >= 4 is 15.9 Å². The second kappa shape index (κ2) is 7.35. The van der Waals surface area contributed by atoms with Gasteiger partial charge in [0.2, 0.25) is 0 Å². The van der Waals surface area contributed by atoms with Crippen molar-refractivity contribution in [3.05, 3.63) is 34.3 Å². The Kier molecular flexibility index (Phi) is 6.08. The molecule has 0 radical (unpaired) electrons. The molecule has 0 heterocycles. The molecule has 1 rings (SSSR count). The molecule has 1 aromatic carbocycles. The Labute approximate surface area is 111 Å². The molecule has 17 heavy (non-hydrogen) atoms. The summed E-state index contributed by atoms with van der Waals surface area (Å²) >= 11 is 3.49. The SMILES string of the molecule is C/C=C/COc1c(Br)cc(CCN)cc1OC. The van der Waals surface area contributed by atoms with E-state index in [9.17, 15) is 0 Å². The lowest BCUT2D eigenvalue weighted by Gasteiger charge is -2.13. The Morgan fingerprint density at radius 3 is 2.76 bits per heavy atom. The van der Waals surface area contributed by atoms with E-state index in [0.717, 1.165) is 28.0 Å². The van der Waals surface area contributed by atoms with Crippen molar-refractivity contribution in [2.24, 2.45) is 5.73 Å². The Morgan fingerprint density at radius 1 is 1.41 bits per heavy atom. The maximum Gasteiger partial charge on any atom is 0.175 e. The molecule has 0 saturated carbocycles. The smallest absolute Gasteiger partial charge is 0.175 e. The van der Waals surface area contributed by atoms with Crippen molar-refractivity contribution in [3.63, 3.8) is 0 Å². The Balaban J connectivity index is 2.94. The first-order chi connectivity index (χ1) is 8.22. The Bertz CT molecular complexity index is 391. The van der Waals surface area contributed by atoms with E-state index in [4.69, 9.17) is 15.2 Å². The highest BCUT2D eigenvalue weighted by molar-refractivity contribution is 9.10. The number of ether oxygens (including phenoxy) is 2. The first kappa shape index (κ1) is 14.1. The minimum absolute atomic E-state index is 0.529. The van der Waals surface area contributed by atoms with Gasteiger partial charge in [0, 0.05) is 0 Å². The van der Waals surface area contributed by atoms with Gasteiger partial charge in [-0.15, -0.1) is 0 Å². The minimum Gasteiger partial charge on any atom is -0.493 e. The van der Waals surface area contributed by atoms with Crippen LogP contribution in [-0.2, 0) is 6.42 Å². The van der Waals surface area contributed by atoms with Crippen molar-refractivity contribution < 1.29 is 9.47 Å². The van der Waals surface area contributed by atoms with Crippen LogP contribution >= 0.6 is 15.9 Å². The van der Waals surface area contributed by atoms with Gasteiger partial charge in [0.1, 0.15) is 6.61 Å². The highest BCUT2D eigenvalue weighted by Gasteiger charge is 2.10. The summed E-state index contributed by atoms with van der Waals surface area (Å²) in [6.07, 6.45) is 4.72. The number of nitrogens with two attached hydrogens (primary N) is 1. The predicted octanol–water partition coefficient (Wildman–Crippen LogP) is 2.91. The fraction of sp³-hybridized carbons (Fsp3) is 0.385. The molecule has 0 unspecified atom stereocenters. The molecule has 4 heteroatoms. The molecule has 0 bridgehead atoms. The summed E-state index contributed by atoms with van der Waals surface area (Å²) in [5, 5.41) is 0. The standard InChI is InChI=1S/C13H18BrNO2/c1-3-4-7-17-13-11(14)8-10(5-6-15)9-12(13)16-2/h3-4,8-9H,5-7,15H2,1-2H3/b4-3+. The van der Waals surface area contributed by atoms with Crippen LogP contribution in [0.25, 0.3) is 0 Å². The number of benzene rings is 1. The third-order valence-corrected chi connectivity index (χ3v) is 2.87. The minimum atomic E-state index is 0.529. The van der Waals surface area contributed by atoms with Gasteiger partial charge in [0.25, 0.3) is 0 Å². The van der Waals surface area contributed by atoms with Gasteiger partial charge in [-0.1, -0.05) is 12.2 Å². The molecule has 0 aliphatic carbocycles. The van der Waals surface area contributed by atoms with Crippen molar-refractivity contribution in [1.29, 1.82) is 0 Å². The van der Waals surface area contributed by atoms with E-state index in [1.807, 2.05) is 31.2 Å². The van der Waals surface area contributed by atoms with Gasteiger partial charge in [-0.3, -0.25) is 0 Å². The van der Waals surface area contributed by atoms with Gasteiger partial charge in [-0.25, -0.2) is 0 Å². The average Bonchev–Trinajstić information content (AvgIpc) is 2.32. The zero-order valence-electron chi connectivity index (χ0n) is 10.2. The van der Waals surface area contributed by atoms with Crippen LogP contribution in [0.2, 0.25) is 0 Å². The molecular formula is C13H18BrNO2. The van der Waals surface area contributed by atoms with Crippen LogP contribution in [0.4, 0.5) is 0 Å². The maximum atomic E-state index is 5.64. The number of rotatable bonds is 6. The van der Waals surface area contributed by atoms with E-state index in [1.165, 1.54) is 0 Å². The summed E-state index contributed by atoms with van der Waals surface area (Å²) in [6, 6.07) is 3.98. The van der Waals surface area contributed by atoms with Gasteiger partial charge in [-0.05, 0) is 53.5 Å². The molecule has 0 fully saturated rings. The normalized spacial score (nSPS) is 10.8. The third-order valence-electron chi connectivity index (χ3n) is 2.28. The van der Waals surface area contributed by atoms with E-state index in [-0.39, 0.29) is 0 Å². The van der Waals surface area contributed by atoms with E-state index in [1.54, 1.807) is 7.11 Å². The molecule has 0 atom stereocenters. The van der Waals surface area contributed by atoms with Crippen LogP contribution in [-0.4, -0.2) is 20.3 Å². The molecule has 1 aromatic rings. The van der Waals surface area contributed by atoms with Gasteiger partial charge in [0.15, 0.2) is 11.5 Å². The van der Waals surface area contributed by atoms with Crippen LogP contribution in [0.5, 0.6) is 11.5 Å². The first-order valence-corrected chi connectivity index (χ1v) is 6.32. The number of hydrogen-bond acceptors (Lipinski definition) is 3. The van der Waals surface area contributed by atoms with E-state index in [0.29, 0.717) is 13.2 Å². The molecule has 0 aliphatic heterocycles. The summed E-state index contributed by atoms with van der Waals surface area (Å²) in [5.74, 6) is 1.46. The molecule has 0 amide bonds.